The van der Waals surface area contributed by atoms with Gasteiger partial charge in [0.15, 0.2) is 0 Å². The summed E-state index contributed by atoms with van der Waals surface area (Å²) in [6, 6.07) is 3.41. The molecule has 19 heavy (non-hydrogen) atoms. The summed E-state index contributed by atoms with van der Waals surface area (Å²) in [6.45, 7) is 0.282. The van der Waals surface area contributed by atoms with Gasteiger partial charge >= 0.3 is 0 Å². The summed E-state index contributed by atoms with van der Waals surface area (Å²) < 4.78 is 7.17. The fourth-order valence-corrected chi connectivity index (χ4v) is 3.80. The standard InChI is InChI=1S/C14H16Br2O3/c15-11-6-10(8-17)7-12(16)13(11)19-9-14(18)4-2-1-3-5-14/h6-8,18H,1-5,9H2. The number of ether oxygens (including phenoxy) is 1. The molecule has 2 rings (SSSR count). The van der Waals surface area contributed by atoms with Crippen molar-refractivity contribution >= 4 is 38.1 Å². The van der Waals surface area contributed by atoms with Crippen LogP contribution in [0, 0.1) is 0 Å². The van der Waals surface area contributed by atoms with E-state index in [1.165, 1.54) is 6.42 Å². The van der Waals surface area contributed by atoms with Crippen molar-refractivity contribution in [1.29, 1.82) is 0 Å². The molecule has 0 bridgehead atoms. The third-order valence-corrected chi connectivity index (χ3v) is 4.60. The number of aldehydes is 1. The molecule has 1 aromatic rings. The van der Waals surface area contributed by atoms with Gasteiger partial charge in [-0.25, -0.2) is 0 Å². The van der Waals surface area contributed by atoms with E-state index in [4.69, 9.17) is 4.74 Å². The van der Waals surface area contributed by atoms with Gasteiger partial charge in [-0.05, 0) is 56.8 Å². The average Bonchev–Trinajstić information content (AvgIpc) is 2.38. The number of halogens is 2. The van der Waals surface area contributed by atoms with E-state index in [2.05, 4.69) is 31.9 Å². The van der Waals surface area contributed by atoms with E-state index < -0.39 is 5.60 Å². The SMILES string of the molecule is O=Cc1cc(Br)c(OCC2(O)CCCCC2)c(Br)c1. The molecule has 0 unspecified atom stereocenters. The molecule has 3 nitrogen and oxygen atoms in total. The van der Waals surface area contributed by atoms with E-state index in [9.17, 15) is 9.90 Å². The Morgan fingerprint density at radius 1 is 1.21 bits per heavy atom. The van der Waals surface area contributed by atoms with Gasteiger partial charge < -0.3 is 9.84 Å². The van der Waals surface area contributed by atoms with E-state index >= 15 is 0 Å². The minimum absolute atomic E-state index is 0.282. The smallest absolute Gasteiger partial charge is 0.150 e. The Morgan fingerprint density at radius 2 is 1.79 bits per heavy atom. The van der Waals surface area contributed by atoms with Crippen molar-refractivity contribution in [3.05, 3.63) is 26.6 Å². The van der Waals surface area contributed by atoms with E-state index in [0.717, 1.165) is 32.0 Å². The predicted molar refractivity (Wildman–Crippen MR) is 80.8 cm³/mol. The summed E-state index contributed by atoms with van der Waals surface area (Å²) in [7, 11) is 0. The zero-order valence-corrected chi connectivity index (χ0v) is 13.7. The van der Waals surface area contributed by atoms with Crippen LogP contribution in [0.3, 0.4) is 0 Å². The highest BCUT2D eigenvalue weighted by atomic mass is 79.9. The molecule has 0 heterocycles. The monoisotopic (exact) mass is 390 g/mol. The molecule has 0 aliphatic heterocycles. The van der Waals surface area contributed by atoms with Gasteiger partial charge in [0, 0.05) is 5.56 Å². The Bertz CT molecular complexity index is 445. The summed E-state index contributed by atoms with van der Waals surface area (Å²) in [5.41, 5.74) is -0.150. The maximum atomic E-state index is 10.8. The molecule has 1 aliphatic rings. The van der Waals surface area contributed by atoms with Crippen molar-refractivity contribution in [3.8, 4) is 5.75 Å². The van der Waals surface area contributed by atoms with Crippen LogP contribution in [0.25, 0.3) is 0 Å². The molecule has 0 amide bonds. The van der Waals surface area contributed by atoms with Crippen molar-refractivity contribution < 1.29 is 14.6 Å². The molecule has 0 atom stereocenters. The number of hydrogen-bond acceptors (Lipinski definition) is 3. The number of rotatable bonds is 4. The van der Waals surface area contributed by atoms with Gasteiger partial charge in [0.1, 0.15) is 18.6 Å². The van der Waals surface area contributed by atoms with Crippen LogP contribution in [0.15, 0.2) is 21.1 Å². The van der Waals surface area contributed by atoms with Crippen LogP contribution >= 0.6 is 31.9 Å². The van der Waals surface area contributed by atoms with Crippen molar-refractivity contribution in [2.75, 3.05) is 6.61 Å². The first kappa shape index (κ1) is 15.0. The zero-order chi connectivity index (χ0) is 13.9. The first-order valence-electron chi connectivity index (χ1n) is 6.33. The second-order valence-electron chi connectivity index (χ2n) is 5.01. The third kappa shape index (κ3) is 3.80. The van der Waals surface area contributed by atoms with E-state index in [1.807, 2.05) is 0 Å². The molecule has 0 aromatic heterocycles. The molecular weight excluding hydrogens is 376 g/mol. The Morgan fingerprint density at radius 3 is 2.32 bits per heavy atom. The van der Waals surface area contributed by atoms with E-state index in [-0.39, 0.29) is 6.61 Å². The molecule has 1 N–H and O–H groups in total. The lowest BCUT2D eigenvalue weighted by molar-refractivity contribution is -0.0342. The van der Waals surface area contributed by atoms with Gasteiger partial charge in [0.05, 0.1) is 14.5 Å². The highest BCUT2D eigenvalue weighted by molar-refractivity contribution is 9.11. The lowest BCUT2D eigenvalue weighted by Crippen LogP contribution is -2.38. The fraction of sp³-hybridized carbons (Fsp3) is 0.500. The minimum atomic E-state index is -0.722. The maximum Gasteiger partial charge on any atom is 0.150 e. The Labute approximate surface area is 129 Å². The molecule has 0 radical (unpaired) electrons. The Kier molecular flexibility index (Phi) is 5.03. The van der Waals surface area contributed by atoms with Gasteiger partial charge in [-0.15, -0.1) is 0 Å². The zero-order valence-electron chi connectivity index (χ0n) is 10.5. The first-order chi connectivity index (χ1) is 9.04. The van der Waals surface area contributed by atoms with Crippen LogP contribution in [0.1, 0.15) is 42.5 Å². The quantitative estimate of drug-likeness (QED) is 0.786. The van der Waals surface area contributed by atoms with Crippen molar-refractivity contribution in [1.82, 2.24) is 0 Å². The number of benzene rings is 1. The number of carbonyl (C=O) groups excluding carboxylic acids is 1. The van der Waals surface area contributed by atoms with Crippen LogP contribution < -0.4 is 4.74 Å². The first-order valence-corrected chi connectivity index (χ1v) is 7.92. The predicted octanol–water partition coefficient (Wildman–Crippen LogP) is 4.10. The molecule has 1 saturated carbocycles. The normalized spacial score (nSPS) is 18.1. The number of aliphatic hydroxyl groups is 1. The molecule has 104 valence electrons. The molecule has 1 aliphatic carbocycles. The van der Waals surface area contributed by atoms with Crippen LogP contribution in [0.2, 0.25) is 0 Å². The minimum Gasteiger partial charge on any atom is -0.488 e. The number of hydrogen-bond donors (Lipinski definition) is 1. The molecule has 1 aromatic carbocycles. The van der Waals surface area contributed by atoms with Crippen molar-refractivity contribution in [3.63, 3.8) is 0 Å². The summed E-state index contributed by atoms with van der Waals surface area (Å²) in [4.78, 5) is 10.8. The lowest BCUT2D eigenvalue weighted by atomic mass is 9.85. The second kappa shape index (κ2) is 6.37. The third-order valence-electron chi connectivity index (χ3n) is 3.43. The molecule has 1 fully saturated rings. The van der Waals surface area contributed by atoms with Gasteiger partial charge in [0.2, 0.25) is 0 Å². The molecule has 5 heteroatoms. The summed E-state index contributed by atoms with van der Waals surface area (Å²) in [5, 5.41) is 10.4. The maximum absolute atomic E-state index is 10.8. The molecule has 0 saturated heterocycles. The summed E-state index contributed by atoms with van der Waals surface area (Å²) in [5.74, 6) is 0.629. The summed E-state index contributed by atoms with van der Waals surface area (Å²) >= 11 is 6.77. The van der Waals surface area contributed by atoms with E-state index in [0.29, 0.717) is 20.3 Å². The fourth-order valence-electron chi connectivity index (χ4n) is 2.35. The highest BCUT2D eigenvalue weighted by Gasteiger charge is 2.30. The topological polar surface area (TPSA) is 46.5 Å². The second-order valence-corrected chi connectivity index (χ2v) is 6.71. The van der Waals surface area contributed by atoms with Gasteiger partial charge in [-0.1, -0.05) is 19.3 Å². The molecule has 0 spiro atoms. The van der Waals surface area contributed by atoms with Crippen LogP contribution in [-0.2, 0) is 0 Å². The van der Waals surface area contributed by atoms with Crippen LogP contribution in [0.5, 0.6) is 5.75 Å². The van der Waals surface area contributed by atoms with Gasteiger partial charge in [-0.2, -0.15) is 0 Å². The van der Waals surface area contributed by atoms with Crippen molar-refractivity contribution in [2.24, 2.45) is 0 Å². The Balaban J connectivity index is 2.09. The molecular formula is C14H16Br2O3. The van der Waals surface area contributed by atoms with Gasteiger partial charge in [-0.3, -0.25) is 4.79 Å². The number of carbonyl (C=O) groups is 1. The van der Waals surface area contributed by atoms with Gasteiger partial charge in [0.25, 0.3) is 0 Å². The van der Waals surface area contributed by atoms with Crippen molar-refractivity contribution in [2.45, 2.75) is 37.7 Å². The largest absolute Gasteiger partial charge is 0.488 e. The average molecular weight is 392 g/mol. The summed E-state index contributed by atoms with van der Waals surface area (Å²) in [6.07, 6.45) is 5.64. The van der Waals surface area contributed by atoms with Crippen LogP contribution in [0.4, 0.5) is 0 Å². The lowest BCUT2D eigenvalue weighted by Gasteiger charge is -2.32. The Hall–Kier alpha value is -0.390. The van der Waals surface area contributed by atoms with E-state index in [1.54, 1.807) is 12.1 Å². The van der Waals surface area contributed by atoms with Crippen LogP contribution in [-0.4, -0.2) is 23.6 Å². The highest BCUT2D eigenvalue weighted by Crippen LogP contribution is 2.36.